The van der Waals surface area contributed by atoms with Gasteiger partial charge in [-0.15, -0.1) is 0 Å². The number of halogens is 1. The normalized spacial score (nSPS) is 22.0. The van der Waals surface area contributed by atoms with Crippen LogP contribution in [0.25, 0.3) is 11.2 Å². The number of imidazole rings is 1. The van der Waals surface area contributed by atoms with Gasteiger partial charge in [0.25, 0.3) is 0 Å². The van der Waals surface area contributed by atoms with Crippen molar-refractivity contribution in [1.29, 1.82) is 0 Å². The summed E-state index contributed by atoms with van der Waals surface area (Å²) >= 11 is 5.99. The number of H-pyrrole nitrogens is 1. The van der Waals surface area contributed by atoms with Gasteiger partial charge in [0.05, 0.1) is 12.2 Å². The Morgan fingerprint density at radius 2 is 2.23 bits per heavy atom. The molecule has 2 aromatic heterocycles. The molecule has 4 rings (SSSR count). The molecule has 3 heterocycles. The van der Waals surface area contributed by atoms with Crippen molar-refractivity contribution in [1.82, 2.24) is 25.3 Å². The minimum Gasteiger partial charge on any atom is -0.354 e. The fourth-order valence-electron chi connectivity index (χ4n) is 2.95. The van der Waals surface area contributed by atoms with Gasteiger partial charge in [-0.25, -0.2) is 4.98 Å². The molecule has 2 N–H and O–H groups in total. The number of carbonyl (C=O) groups excluding carboxylic acids is 1. The van der Waals surface area contributed by atoms with Crippen molar-refractivity contribution in [3.05, 3.63) is 11.6 Å². The van der Waals surface area contributed by atoms with E-state index in [1.807, 2.05) is 0 Å². The van der Waals surface area contributed by atoms with Gasteiger partial charge in [0.2, 0.25) is 11.2 Å². The van der Waals surface area contributed by atoms with Gasteiger partial charge in [0.15, 0.2) is 11.5 Å². The standard InChI is InChI=1S/C14H17ClN6O/c15-14-19-11-10(16-7-17-11)12(20-14)21-5-1-2-8(6-21)13(22)18-9-3-4-9/h7-9H,1-6H2,(H,18,22)(H,16,17,19,20)/t8-/m1/s1. The van der Waals surface area contributed by atoms with Crippen LogP contribution in [0.5, 0.6) is 0 Å². The van der Waals surface area contributed by atoms with E-state index in [-0.39, 0.29) is 17.1 Å². The van der Waals surface area contributed by atoms with E-state index in [9.17, 15) is 4.79 Å². The summed E-state index contributed by atoms with van der Waals surface area (Å²) < 4.78 is 0. The molecule has 22 heavy (non-hydrogen) atoms. The number of carbonyl (C=O) groups is 1. The van der Waals surface area contributed by atoms with E-state index in [0.29, 0.717) is 18.2 Å². The molecule has 0 aromatic carbocycles. The molecule has 1 aliphatic heterocycles. The smallest absolute Gasteiger partial charge is 0.226 e. The molecule has 116 valence electrons. The Morgan fingerprint density at radius 1 is 1.36 bits per heavy atom. The first-order valence-corrected chi connectivity index (χ1v) is 8.00. The third-order valence-electron chi connectivity index (χ3n) is 4.25. The van der Waals surface area contributed by atoms with Gasteiger partial charge in [-0.1, -0.05) is 0 Å². The molecule has 2 aromatic rings. The Bertz CT molecular complexity index is 712. The summed E-state index contributed by atoms with van der Waals surface area (Å²) in [6.07, 6.45) is 5.68. The number of aromatic nitrogens is 4. The van der Waals surface area contributed by atoms with E-state index >= 15 is 0 Å². The first-order chi connectivity index (χ1) is 10.7. The van der Waals surface area contributed by atoms with E-state index in [4.69, 9.17) is 11.6 Å². The second-order valence-electron chi connectivity index (χ2n) is 5.99. The van der Waals surface area contributed by atoms with E-state index < -0.39 is 0 Å². The minimum atomic E-state index is 0.000984. The SMILES string of the molecule is O=C(NC1CC1)[C@@H]1CCCN(c2nc(Cl)nc3nc[nH]c23)C1. The van der Waals surface area contributed by atoms with Gasteiger partial charge < -0.3 is 15.2 Å². The fourth-order valence-corrected chi connectivity index (χ4v) is 3.11. The van der Waals surface area contributed by atoms with E-state index in [1.165, 1.54) is 0 Å². The van der Waals surface area contributed by atoms with Crippen molar-refractivity contribution in [3.8, 4) is 0 Å². The molecule has 0 spiro atoms. The Balaban J connectivity index is 1.58. The maximum Gasteiger partial charge on any atom is 0.226 e. The molecule has 1 saturated heterocycles. The van der Waals surface area contributed by atoms with Gasteiger partial charge in [-0.3, -0.25) is 4.79 Å². The lowest BCUT2D eigenvalue weighted by Gasteiger charge is -2.33. The number of fused-ring (bicyclic) bond motifs is 1. The number of piperidine rings is 1. The summed E-state index contributed by atoms with van der Waals surface area (Å²) in [6.45, 7) is 1.51. The number of anilines is 1. The second-order valence-corrected chi connectivity index (χ2v) is 6.32. The predicted molar refractivity (Wildman–Crippen MR) is 82.8 cm³/mol. The van der Waals surface area contributed by atoms with Gasteiger partial charge in [-0.2, -0.15) is 9.97 Å². The zero-order chi connectivity index (χ0) is 15.1. The first kappa shape index (κ1) is 13.8. The van der Waals surface area contributed by atoms with Gasteiger partial charge >= 0.3 is 0 Å². The highest BCUT2D eigenvalue weighted by molar-refractivity contribution is 6.28. The molecule has 1 amide bonds. The Hall–Kier alpha value is -1.89. The van der Waals surface area contributed by atoms with E-state index in [1.54, 1.807) is 6.33 Å². The highest BCUT2D eigenvalue weighted by atomic mass is 35.5. The number of nitrogens with one attached hydrogen (secondary N) is 2. The van der Waals surface area contributed by atoms with Crippen molar-refractivity contribution in [2.45, 2.75) is 31.7 Å². The molecule has 0 radical (unpaired) electrons. The molecule has 7 nitrogen and oxygen atoms in total. The summed E-state index contributed by atoms with van der Waals surface area (Å²) in [5.41, 5.74) is 1.33. The van der Waals surface area contributed by atoms with Crippen molar-refractivity contribution < 1.29 is 4.79 Å². The van der Waals surface area contributed by atoms with E-state index in [2.05, 4.69) is 30.2 Å². The first-order valence-electron chi connectivity index (χ1n) is 7.62. The molecule has 1 saturated carbocycles. The molecule has 8 heteroatoms. The Kier molecular flexibility index (Phi) is 3.37. The molecule has 2 fully saturated rings. The Labute approximate surface area is 132 Å². The third kappa shape index (κ3) is 2.61. The maximum atomic E-state index is 12.3. The average molecular weight is 321 g/mol. The van der Waals surface area contributed by atoms with Gasteiger partial charge in [0.1, 0.15) is 5.52 Å². The molecule has 1 aliphatic carbocycles. The molecule has 0 bridgehead atoms. The summed E-state index contributed by atoms with van der Waals surface area (Å²) in [5, 5.41) is 3.27. The zero-order valence-electron chi connectivity index (χ0n) is 12.0. The molecule has 0 unspecified atom stereocenters. The second kappa shape index (κ2) is 5.39. The van der Waals surface area contributed by atoms with Crippen LogP contribution in [-0.2, 0) is 4.79 Å². The third-order valence-corrected chi connectivity index (χ3v) is 4.42. The van der Waals surface area contributed by atoms with Gasteiger partial charge in [-0.05, 0) is 37.3 Å². The van der Waals surface area contributed by atoms with Crippen LogP contribution in [0.1, 0.15) is 25.7 Å². The maximum absolute atomic E-state index is 12.3. The summed E-state index contributed by atoms with van der Waals surface area (Å²) in [6, 6.07) is 0.399. The number of rotatable bonds is 3. The quantitative estimate of drug-likeness (QED) is 0.837. The van der Waals surface area contributed by atoms with Gasteiger partial charge in [0, 0.05) is 19.1 Å². The highest BCUT2D eigenvalue weighted by Crippen LogP contribution is 2.28. The lowest BCUT2D eigenvalue weighted by atomic mass is 9.97. The monoisotopic (exact) mass is 320 g/mol. The van der Waals surface area contributed by atoms with Crippen LogP contribution in [0.4, 0.5) is 5.82 Å². The zero-order valence-corrected chi connectivity index (χ0v) is 12.8. The van der Waals surface area contributed by atoms with Crippen LogP contribution in [0.3, 0.4) is 0 Å². The van der Waals surface area contributed by atoms with Crippen molar-refractivity contribution in [2.24, 2.45) is 5.92 Å². The fraction of sp³-hybridized carbons (Fsp3) is 0.571. The molecule has 1 atom stereocenters. The van der Waals surface area contributed by atoms with Crippen LogP contribution < -0.4 is 10.2 Å². The lowest BCUT2D eigenvalue weighted by Crippen LogP contribution is -2.44. The van der Waals surface area contributed by atoms with Crippen LogP contribution in [0.2, 0.25) is 5.28 Å². The predicted octanol–water partition coefficient (Wildman–Crippen LogP) is 1.50. The van der Waals surface area contributed by atoms with Crippen molar-refractivity contribution >= 4 is 34.5 Å². The van der Waals surface area contributed by atoms with Crippen LogP contribution in [-0.4, -0.2) is 45.0 Å². The Morgan fingerprint density at radius 3 is 3.05 bits per heavy atom. The minimum absolute atomic E-state index is 0.000984. The molecular formula is C14H17ClN6O. The number of amides is 1. The number of nitrogens with zero attached hydrogens (tertiary/aromatic N) is 4. The van der Waals surface area contributed by atoms with E-state index in [0.717, 1.165) is 43.6 Å². The lowest BCUT2D eigenvalue weighted by molar-refractivity contribution is -0.125. The summed E-state index contributed by atoms with van der Waals surface area (Å²) in [7, 11) is 0. The number of hydrogen-bond acceptors (Lipinski definition) is 5. The summed E-state index contributed by atoms with van der Waals surface area (Å²) in [5.74, 6) is 0.894. The topological polar surface area (TPSA) is 86.8 Å². The largest absolute Gasteiger partial charge is 0.354 e. The number of aromatic amines is 1. The number of hydrogen-bond donors (Lipinski definition) is 2. The van der Waals surface area contributed by atoms with Crippen molar-refractivity contribution in [3.63, 3.8) is 0 Å². The average Bonchev–Trinajstić information content (AvgIpc) is 3.21. The van der Waals surface area contributed by atoms with Crippen LogP contribution in [0, 0.1) is 5.92 Å². The molecular weight excluding hydrogens is 304 g/mol. The van der Waals surface area contributed by atoms with Crippen LogP contribution in [0.15, 0.2) is 6.33 Å². The summed E-state index contributed by atoms with van der Waals surface area (Å²) in [4.78, 5) is 30.0. The van der Waals surface area contributed by atoms with Crippen molar-refractivity contribution in [2.75, 3.05) is 18.0 Å². The van der Waals surface area contributed by atoms with Crippen LogP contribution >= 0.6 is 11.6 Å². The highest BCUT2D eigenvalue weighted by Gasteiger charge is 2.31. The molecule has 2 aliphatic rings.